The van der Waals surface area contributed by atoms with E-state index in [9.17, 15) is 19.8 Å². The molecule has 1 aromatic heterocycles. The molecule has 0 spiro atoms. The second kappa shape index (κ2) is 8.26. The Morgan fingerprint density at radius 3 is 2.38 bits per heavy atom. The van der Waals surface area contributed by atoms with Crippen LogP contribution in [-0.4, -0.2) is 22.3 Å². The Bertz CT molecular complexity index is 1450. The molecular formula is C27H22O7. The largest absolute Gasteiger partial charge is 0.508 e. The zero-order valence-corrected chi connectivity index (χ0v) is 18.6. The second-order valence-corrected chi connectivity index (χ2v) is 8.50. The molecule has 1 unspecified atom stereocenters. The number of carbonyl (C=O) groups is 1. The number of benzene rings is 3. The van der Waals surface area contributed by atoms with Gasteiger partial charge >= 0.3 is 5.97 Å². The normalized spacial score (nSPS) is 15.3. The van der Waals surface area contributed by atoms with Crippen LogP contribution in [0.3, 0.4) is 0 Å². The number of hydrogen-bond donors (Lipinski definition) is 2. The van der Waals surface area contributed by atoms with Crippen molar-refractivity contribution in [3.8, 4) is 34.1 Å². The lowest BCUT2D eigenvalue weighted by atomic mass is 9.85. The molecule has 5 rings (SSSR count). The lowest BCUT2D eigenvalue weighted by Gasteiger charge is -2.26. The summed E-state index contributed by atoms with van der Waals surface area (Å²) in [4.78, 5) is 25.7. The molecule has 4 aromatic rings. The average Bonchev–Trinajstić information content (AvgIpc) is 2.79. The summed E-state index contributed by atoms with van der Waals surface area (Å²) in [6.07, 6.45) is 1.41. The van der Waals surface area contributed by atoms with Crippen molar-refractivity contribution >= 4 is 16.9 Å². The lowest BCUT2D eigenvalue weighted by Crippen LogP contribution is -2.22. The molecule has 3 aromatic carbocycles. The summed E-state index contributed by atoms with van der Waals surface area (Å²) in [6, 6.07) is 14.8. The fraction of sp³-hybridized carbons (Fsp3) is 0.185. The first kappa shape index (κ1) is 21.6. The molecule has 1 aliphatic heterocycles. The van der Waals surface area contributed by atoms with Crippen LogP contribution in [-0.2, 0) is 4.79 Å². The van der Waals surface area contributed by atoms with Gasteiger partial charge in [-0.25, -0.2) is 0 Å². The minimum Gasteiger partial charge on any atom is -0.508 e. The summed E-state index contributed by atoms with van der Waals surface area (Å²) < 4.78 is 17.0. The Balaban J connectivity index is 1.68. The molecule has 0 radical (unpaired) electrons. The number of hydrogen-bond acceptors (Lipinski definition) is 7. The Morgan fingerprint density at radius 2 is 1.71 bits per heavy atom. The van der Waals surface area contributed by atoms with Crippen LogP contribution >= 0.6 is 0 Å². The number of esters is 1. The van der Waals surface area contributed by atoms with Crippen LogP contribution in [0.25, 0.3) is 22.1 Å². The average molecular weight is 458 g/mol. The van der Waals surface area contributed by atoms with E-state index in [1.165, 1.54) is 24.5 Å². The van der Waals surface area contributed by atoms with Gasteiger partial charge in [-0.2, -0.15) is 0 Å². The number of phenols is 2. The van der Waals surface area contributed by atoms with E-state index in [4.69, 9.17) is 13.9 Å². The third-order valence-electron chi connectivity index (χ3n) is 5.80. The van der Waals surface area contributed by atoms with Crippen molar-refractivity contribution in [1.82, 2.24) is 0 Å². The number of fused-ring (bicyclic) bond motifs is 3. The summed E-state index contributed by atoms with van der Waals surface area (Å²) in [5.74, 6) is -0.276. The van der Waals surface area contributed by atoms with Crippen molar-refractivity contribution in [3.05, 3.63) is 82.2 Å². The highest BCUT2D eigenvalue weighted by atomic mass is 16.5. The predicted molar refractivity (Wildman–Crippen MR) is 126 cm³/mol. The molecule has 34 heavy (non-hydrogen) atoms. The maximum absolute atomic E-state index is 13.4. The summed E-state index contributed by atoms with van der Waals surface area (Å²) in [5.41, 5.74) is 1.87. The summed E-state index contributed by atoms with van der Waals surface area (Å²) in [5, 5.41) is 20.2. The number of aromatic hydroxyl groups is 2. The molecule has 2 heterocycles. The molecule has 2 N–H and O–H groups in total. The molecule has 0 saturated heterocycles. The van der Waals surface area contributed by atoms with Crippen molar-refractivity contribution in [2.75, 3.05) is 0 Å². The maximum Gasteiger partial charge on any atom is 0.312 e. The van der Waals surface area contributed by atoms with E-state index in [1.54, 1.807) is 12.1 Å². The molecular weight excluding hydrogens is 436 g/mol. The third kappa shape index (κ3) is 3.75. The lowest BCUT2D eigenvalue weighted by molar-refractivity contribution is -0.135. The molecule has 0 bridgehead atoms. The smallest absolute Gasteiger partial charge is 0.312 e. The van der Waals surface area contributed by atoms with Gasteiger partial charge in [0.25, 0.3) is 0 Å². The van der Waals surface area contributed by atoms with Crippen molar-refractivity contribution < 1.29 is 28.9 Å². The molecule has 7 heteroatoms. The van der Waals surface area contributed by atoms with Gasteiger partial charge in [0.2, 0.25) is 5.43 Å². The van der Waals surface area contributed by atoms with Crippen LogP contribution in [0.1, 0.15) is 37.3 Å². The standard InChI is InChI=1S/C27H22O7/c1-14(2)33-18-9-5-15(6-10-18)19-11-23(30)34-22-12-21(29)25-26(31)20(13-32-27(25)24(19)22)16-3-7-17(28)8-4-16/h3-10,12-14,19,28-29H,11H2,1-2H3. The highest BCUT2D eigenvalue weighted by molar-refractivity contribution is 5.94. The molecule has 1 aliphatic rings. The molecule has 7 nitrogen and oxygen atoms in total. The van der Waals surface area contributed by atoms with Gasteiger partial charge in [0.05, 0.1) is 18.1 Å². The van der Waals surface area contributed by atoms with Gasteiger partial charge in [-0.05, 0) is 49.2 Å². The van der Waals surface area contributed by atoms with E-state index in [0.717, 1.165) is 5.56 Å². The van der Waals surface area contributed by atoms with Crippen LogP contribution in [0.5, 0.6) is 23.0 Å². The number of carbonyl (C=O) groups excluding carboxylic acids is 1. The second-order valence-electron chi connectivity index (χ2n) is 8.50. The SMILES string of the molecule is CC(C)Oc1ccc(C2CC(=O)Oc3cc(O)c4c(=O)c(-c5ccc(O)cc5)coc4c32)cc1. The zero-order valence-electron chi connectivity index (χ0n) is 18.6. The third-order valence-corrected chi connectivity index (χ3v) is 5.80. The van der Waals surface area contributed by atoms with Crippen molar-refractivity contribution in [3.63, 3.8) is 0 Å². The number of ether oxygens (including phenoxy) is 2. The first-order valence-corrected chi connectivity index (χ1v) is 10.9. The Morgan fingerprint density at radius 1 is 1.00 bits per heavy atom. The van der Waals surface area contributed by atoms with Gasteiger partial charge in [-0.3, -0.25) is 9.59 Å². The van der Waals surface area contributed by atoms with E-state index in [1.807, 2.05) is 38.1 Å². The summed E-state index contributed by atoms with van der Waals surface area (Å²) in [7, 11) is 0. The molecule has 0 aliphatic carbocycles. The fourth-order valence-corrected chi connectivity index (χ4v) is 4.31. The predicted octanol–water partition coefficient (Wildman–Crippen LogP) is 5.10. The van der Waals surface area contributed by atoms with Gasteiger partial charge < -0.3 is 24.1 Å². The van der Waals surface area contributed by atoms with Gasteiger partial charge in [0.15, 0.2) is 0 Å². The Labute approximate surface area is 194 Å². The monoisotopic (exact) mass is 458 g/mol. The summed E-state index contributed by atoms with van der Waals surface area (Å²) >= 11 is 0. The van der Waals surface area contributed by atoms with Crippen LogP contribution in [0.2, 0.25) is 0 Å². The van der Waals surface area contributed by atoms with E-state index >= 15 is 0 Å². The van der Waals surface area contributed by atoms with E-state index in [0.29, 0.717) is 16.9 Å². The van der Waals surface area contributed by atoms with Crippen LogP contribution in [0, 0.1) is 0 Å². The Hall–Kier alpha value is -4.26. The van der Waals surface area contributed by atoms with E-state index < -0.39 is 17.3 Å². The molecule has 0 saturated carbocycles. The van der Waals surface area contributed by atoms with Crippen LogP contribution < -0.4 is 14.9 Å². The number of phenolic OH excluding ortho intramolecular Hbond substituents is 2. The van der Waals surface area contributed by atoms with Gasteiger partial charge in [0.1, 0.15) is 40.2 Å². The van der Waals surface area contributed by atoms with Gasteiger partial charge in [-0.15, -0.1) is 0 Å². The maximum atomic E-state index is 13.4. The van der Waals surface area contributed by atoms with Gasteiger partial charge in [0, 0.05) is 17.5 Å². The van der Waals surface area contributed by atoms with Crippen molar-refractivity contribution in [2.24, 2.45) is 0 Å². The van der Waals surface area contributed by atoms with E-state index in [-0.39, 0.29) is 46.3 Å². The topological polar surface area (TPSA) is 106 Å². The van der Waals surface area contributed by atoms with E-state index in [2.05, 4.69) is 0 Å². The molecule has 0 amide bonds. The van der Waals surface area contributed by atoms with Crippen molar-refractivity contribution in [1.29, 1.82) is 0 Å². The quantitative estimate of drug-likeness (QED) is 0.324. The zero-order chi connectivity index (χ0) is 24.0. The van der Waals surface area contributed by atoms with Crippen molar-refractivity contribution in [2.45, 2.75) is 32.3 Å². The first-order chi connectivity index (χ1) is 16.3. The first-order valence-electron chi connectivity index (χ1n) is 10.9. The molecule has 1 atom stereocenters. The number of rotatable bonds is 4. The minimum absolute atomic E-state index is 0.00651. The fourth-order valence-electron chi connectivity index (χ4n) is 4.31. The molecule has 0 fully saturated rings. The minimum atomic E-state index is -0.443. The summed E-state index contributed by atoms with van der Waals surface area (Å²) in [6.45, 7) is 3.88. The highest BCUT2D eigenvalue weighted by Crippen LogP contribution is 2.45. The van der Waals surface area contributed by atoms with Gasteiger partial charge in [-0.1, -0.05) is 24.3 Å². The van der Waals surface area contributed by atoms with Crippen LogP contribution in [0.4, 0.5) is 0 Å². The molecule has 172 valence electrons. The highest BCUT2D eigenvalue weighted by Gasteiger charge is 2.33. The Kier molecular flexibility index (Phi) is 5.24. The van der Waals surface area contributed by atoms with Crippen LogP contribution in [0.15, 0.2) is 70.1 Å².